The molecule has 0 fully saturated rings. The normalized spacial score (nSPS) is 14.8. The number of furan rings is 1. The fourth-order valence-corrected chi connectivity index (χ4v) is 4.59. The van der Waals surface area contributed by atoms with Crippen molar-refractivity contribution in [1.29, 1.82) is 0 Å². The minimum Gasteiger partial charge on any atom is -0.449 e. The topological polar surface area (TPSA) is 76.3 Å². The number of carbonyl (C=O) groups excluding carboxylic acids is 2. The van der Waals surface area contributed by atoms with Gasteiger partial charge in [-0.1, -0.05) is 0 Å². The summed E-state index contributed by atoms with van der Waals surface area (Å²) in [5, 5.41) is 8.14. The molecular formula is C24H21N3O3S. The van der Waals surface area contributed by atoms with Crippen LogP contribution in [-0.4, -0.2) is 16.3 Å². The van der Waals surface area contributed by atoms with Gasteiger partial charge in [0, 0.05) is 33.6 Å². The summed E-state index contributed by atoms with van der Waals surface area (Å²) < 4.78 is 7.60. The summed E-state index contributed by atoms with van der Waals surface area (Å²) in [5.41, 5.74) is 4.16. The van der Waals surface area contributed by atoms with Gasteiger partial charge < -0.3 is 19.6 Å². The summed E-state index contributed by atoms with van der Waals surface area (Å²) in [6.07, 6.45) is 3.93. The summed E-state index contributed by atoms with van der Waals surface area (Å²) in [4.78, 5) is 26.8. The highest BCUT2D eigenvalue weighted by Crippen LogP contribution is 2.31. The van der Waals surface area contributed by atoms with Crippen molar-refractivity contribution in [3.05, 3.63) is 93.6 Å². The molecule has 0 saturated heterocycles. The van der Waals surface area contributed by atoms with Gasteiger partial charge in [0.25, 0.3) is 0 Å². The van der Waals surface area contributed by atoms with Crippen LogP contribution in [0.25, 0.3) is 0 Å². The Hall–Kier alpha value is -3.58. The highest BCUT2D eigenvalue weighted by molar-refractivity contribution is 7.10. The SMILES string of the molecule is Cc1sccc1CC(=O)Nc1ccc(C(=O)C2Nc3occc3Cn3cccc32)cc1. The van der Waals surface area contributed by atoms with Crippen LogP contribution < -0.4 is 10.6 Å². The number of ketones is 1. The monoisotopic (exact) mass is 431 g/mol. The lowest BCUT2D eigenvalue weighted by Gasteiger charge is -2.17. The number of hydrogen-bond acceptors (Lipinski definition) is 5. The molecule has 4 heterocycles. The number of Topliss-reactive ketones (excluding diaryl/α,β-unsaturated/α-hetero) is 1. The first-order valence-corrected chi connectivity index (χ1v) is 10.9. The Balaban J connectivity index is 1.32. The number of hydrogen-bond donors (Lipinski definition) is 2. The van der Waals surface area contributed by atoms with Crippen LogP contribution in [0.5, 0.6) is 0 Å². The molecule has 0 spiro atoms. The summed E-state index contributed by atoms with van der Waals surface area (Å²) in [5.74, 6) is 0.486. The molecule has 1 amide bonds. The van der Waals surface area contributed by atoms with Gasteiger partial charge in [-0.25, -0.2) is 0 Å². The summed E-state index contributed by atoms with van der Waals surface area (Å²) in [6, 6.07) is 14.2. The van der Waals surface area contributed by atoms with Crippen molar-refractivity contribution in [3.8, 4) is 0 Å². The Bertz CT molecular complexity index is 1250. The minimum absolute atomic E-state index is 0.0593. The number of nitrogens with one attached hydrogen (secondary N) is 2. The van der Waals surface area contributed by atoms with E-state index in [1.165, 1.54) is 0 Å². The van der Waals surface area contributed by atoms with E-state index < -0.39 is 6.04 Å². The van der Waals surface area contributed by atoms with Crippen molar-refractivity contribution >= 4 is 34.6 Å². The first kappa shape index (κ1) is 19.4. The molecule has 1 aromatic carbocycles. The van der Waals surface area contributed by atoms with Gasteiger partial charge in [-0.05, 0) is 66.4 Å². The van der Waals surface area contributed by atoms with Gasteiger partial charge >= 0.3 is 0 Å². The number of carbonyl (C=O) groups is 2. The van der Waals surface area contributed by atoms with Crippen molar-refractivity contribution in [2.75, 3.05) is 10.6 Å². The van der Waals surface area contributed by atoms with Gasteiger partial charge in [0.15, 0.2) is 11.7 Å². The number of amides is 1. The Morgan fingerprint density at radius 3 is 2.81 bits per heavy atom. The number of thiophene rings is 1. The van der Waals surface area contributed by atoms with Gasteiger partial charge in [-0.3, -0.25) is 9.59 Å². The summed E-state index contributed by atoms with van der Waals surface area (Å²) in [6.45, 7) is 2.66. The predicted octanol–water partition coefficient (Wildman–Crippen LogP) is 5.03. The van der Waals surface area contributed by atoms with E-state index in [0.29, 0.717) is 30.1 Å². The Morgan fingerprint density at radius 2 is 2.03 bits per heavy atom. The molecule has 156 valence electrons. The molecule has 6 nitrogen and oxygen atoms in total. The first-order valence-electron chi connectivity index (χ1n) is 10.0. The zero-order valence-electron chi connectivity index (χ0n) is 16.9. The Morgan fingerprint density at radius 1 is 1.19 bits per heavy atom. The summed E-state index contributed by atoms with van der Waals surface area (Å²) in [7, 11) is 0. The van der Waals surface area contributed by atoms with Crippen LogP contribution in [0.1, 0.15) is 38.1 Å². The molecule has 3 aromatic heterocycles. The molecular weight excluding hydrogens is 410 g/mol. The van der Waals surface area contributed by atoms with Crippen molar-refractivity contribution in [2.45, 2.75) is 25.9 Å². The fourth-order valence-electron chi connectivity index (χ4n) is 3.87. The van der Waals surface area contributed by atoms with Crippen LogP contribution in [0.3, 0.4) is 0 Å². The lowest BCUT2D eigenvalue weighted by atomic mass is 10.0. The van der Waals surface area contributed by atoms with E-state index in [9.17, 15) is 9.59 Å². The standard InChI is InChI=1S/C24H21N3O3S/c1-15-17(9-12-31-15)13-21(28)25-19-6-4-16(5-7-19)23(29)22-20-3-2-10-27(20)14-18-8-11-30-24(18)26-22/h2-12,22,26H,13-14H2,1H3,(H,25,28). The third-order valence-electron chi connectivity index (χ3n) is 5.56. The number of aromatic nitrogens is 1. The Kier molecular flexibility index (Phi) is 4.95. The maximum absolute atomic E-state index is 13.3. The molecule has 5 rings (SSSR count). The van der Waals surface area contributed by atoms with Gasteiger partial charge in [0.1, 0.15) is 6.04 Å². The molecule has 1 aliphatic heterocycles. The number of aryl methyl sites for hydroxylation is 1. The maximum atomic E-state index is 13.3. The van der Waals surface area contributed by atoms with Crippen molar-refractivity contribution in [1.82, 2.24) is 4.57 Å². The number of nitrogens with zero attached hydrogens (tertiary/aromatic N) is 1. The van der Waals surface area contributed by atoms with Crippen molar-refractivity contribution in [3.63, 3.8) is 0 Å². The lowest BCUT2D eigenvalue weighted by molar-refractivity contribution is -0.115. The van der Waals surface area contributed by atoms with E-state index >= 15 is 0 Å². The van der Waals surface area contributed by atoms with Gasteiger partial charge in [0.2, 0.25) is 5.91 Å². The molecule has 0 radical (unpaired) electrons. The first-order chi connectivity index (χ1) is 15.1. The van der Waals surface area contributed by atoms with Gasteiger partial charge in [-0.2, -0.15) is 0 Å². The molecule has 4 aromatic rings. The third kappa shape index (κ3) is 3.80. The second-order valence-electron chi connectivity index (χ2n) is 7.58. The van der Waals surface area contributed by atoms with Gasteiger partial charge in [0.05, 0.1) is 19.2 Å². The number of benzene rings is 1. The predicted molar refractivity (Wildman–Crippen MR) is 121 cm³/mol. The molecule has 2 N–H and O–H groups in total. The second kappa shape index (κ2) is 7.92. The highest BCUT2D eigenvalue weighted by atomic mass is 32.1. The minimum atomic E-state index is -0.551. The van der Waals surface area contributed by atoms with E-state index in [1.54, 1.807) is 41.9 Å². The van der Waals surface area contributed by atoms with E-state index in [4.69, 9.17) is 4.42 Å². The average Bonchev–Trinajstić information content (AvgIpc) is 3.48. The van der Waals surface area contributed by atoms with Crippen LogP contribution in [-0.2, 0) is 17.8 Å². The molecule has 7 heteroatoms. The zero-order chi connectivity index (χ0) is 21.4. The van der Waals surface area contributed by atoms with Gasteiger partial charge in [-0.15, -0.1) is 11.3 Å². The molecule has 0 aliphatic carbocycles. The lowest BCUT2D eigenvalue weighted by Crippen LogP contribution is -2.22. The van der Waals surface area contributed by atoms with Crippen LogP contribution in [0.15, 0.2) is 70.8 Å². The molecule has 0 saturated carbocycles. The van der Waals surface area contributed by atoms with E-state index in [2.05, 4.69) is 15.2 Å². The number of fused-ring (bicyclic) bond motifs is 2. The van der Waals surface area contributed by atoms with E-state index in [1.807, 2.05) is 42.8 Å². The third-order valence-corrected chi connectivity index (χ3v) is 6.44. The smallest absolute Gasteiger partial charge is 0.228 e. The number of anilines is 2. The molecule has 0 bridgehead atoms. The van der Waals surface area contributed by atoms with Crippen molar-refractivity contribution in [2.24, 2.45) is 0 Å². The molecule has 1 aliphatic rings. The van der Waals surface area contributed by atoms with Crippen molar-refractivity contribution < 1.29 is 14.0 Å². The molecule has 1 unspecified atom stereocenters. The van der Waals surface area contributed by atoms with Crippen LogP contribution >= 0.6 is 11.3 Å². The van der Waals surface area contributed by atoms with E-state index in [0.717, 1.165) is 21.7 Å². The largest absolute Gasteiger partial charge is 0.449 e. The Labute approximate surface area is 183 Å². The fraction of sp³-hybridized carbons (Fsp3) is 0.167. The zero-order valence-corrected chi connectivity index (χ0v) is 17.7. The average molecular weight is 432 g/mol. The number of rotatable bonds is 5. The second-order valence-corrected chi connectivity index (χ2v) is 8.70. The molecule has 1 atom stereocenters. The van der Waals surface area contributed by atoms with Crippen LogP contribution in [0.4, 0.5) is 11.6 Å². The van der Waals surface area contributed by atoms with E-state index in [-0.39, 0.29) is 11.7 Å². The quantitative estimate of drug-likeness (QED) is 0.435. The van der Waals surface area contributed by atoms with Crippen LogP contribution in [0.2, 0.25) is 0 Å². The summed E-state index contributed by atoms with van der Waals surface area (Å²) >= 11 is 1.63. The molecule has 31 heavy (non-hydrogen) atoms. The highest BCUT2D eigenvalue weighted by Gasteiger charge is 2.29. The maximum Gasteiger partial charge on any atom is 0.228 e. The van der Waals surface area contributed by atoms with Crippen LogP contribution in [0, 0.1) is 6.92 Å².